The van der Waals surface area contributed by atoms with E-state index < -0.39 is 0 Å². The van der Waals surface area contributed by atoms with E-state index in [1.54, 1.807) is 0 Å². The first-order valence-corrected chi connectivity index (χ1v) is 9.93. The third kappa shape index (κ3) is 6.72. The number of rotatable bonds is 11. The van der Waals surface area contributed by atoms with Crippen LogP contribution in [0.2, 0.25) is 0 Å². The maximum atomic E-state index is 3.87. The van der Waals surface area contributed by atoms with Crippen molar-refractivity contribution in [1.82, 2.24) is 5.32 Å². The molecule has 0 aromatic carbocycles. The van der Waals surface area contributed by atoms with E-state index in [4.69, 9.17) is 0 Å². The smallest absolute Gasteiger partial charge is 0.00674 e. The molecule has 1 atom stereocenters. The summed E-state index contributed by atoms with van der Waals surface area (Å²) in [5, 5.41) is 3.87. The van der Waals surface area contributed by atoms with Crippen molar-refractivity contribution in [3.8, 4) is 0 Å². The molecule has 0 saturated heterocycles. The molecule has 1 nitrogen and oxygen atoms in total. The fourth-order valence-electron chi connectivity index (χ4n) is 4.57. The van der Waals surface area contributed by atoms with Crippen molar-refractivity contribution >= 4 is 0 Å². The Morgan fingerprint density at radius 3 is 2.00 bits per heavy atom. The second-order valence-corrected chi connectivity index (χ2v) is 7.58. The molecule has 21 heavy (non-hydrogen) atoms. The van der Waals surface area contributed by atoms with Crippen LogP contribution < -0.4 is 5.32 Å². The average molecular weight is 296 g/mol. The van der Waals surface area contributed by atoms with Crippen molar-refractivity contribution in [3.63, 3.8) is 0 Å². The maximum absolute atomic E-state index is 3.87. The second-order valence-electron chi connectivity index (χ2n) is 7.58. The molecule has 1 heteroatoms. The summed E-state index contributed by atoms with van der Waals surface area (Å²) in [4.78, 5) is 0. The summed E-state index contributed by atoms with van der Waals surface area (Å²) < 4.78 is 0. The largest absolute Gasteiger partial charge is 0.314 e. The molecule has 0 aromatic rings. The van der Waals surface area contributed by atoms with Gasteiger partial charge in [-0.15, -0.1) is 0 Å². The van der Waals surface area contributed by atoms with E-state index in [1.165, 1.54) is 83.6 Å². The summed E-state index contributed by atoms with van der Waals surface area (Å²) in [5.41, 5.74) is 0.704. The molecular weight excluding hydrogens is 254 g/mol. The Labute approximate surface area is 134 Å². The van der Waals surface area contributed by atoms with Gasteiger partial charge in [0.05, 0.1) is 0 Å². The number of nitrogens with one attached hydrogen (secondary N) is 1. The van der Waals surface area contributed by atoms with Crippen molar-refractivity contribution < 1.29 is 0 Å². The lowest BCUT2D eigenvalue weighted by Crippen LogP contribution is -2.38. The van der Waals surface area contributed by atoms with Crippen molar-refractivity contribution in [1.29, 1.82) is 0 Å². The highest BCUT2D eigenvalue weighted by Crippen LogP contribution is 2.43. The Bertz CT molecular complexity index is 232. The first kappa shape index (κ1) is 19.0. The predicted molar refractivity (Wildman–Crippen MR) is 95.8 cm³/mol. The lowest BCUT2D eigenvalue weighted by atomic mass is 9.67. The lowest BCUT2D eigenvalue weighted by molar-refractivity contribution is 0.132. The van der Waals surface area contributed by atoms with Crippen LogP contribution in [-0.2, 0) is 0 Å². The van der Waals surface area contributed by atoms with Crippen LogP contribution in [0.3, 0.4) is 0 Å². The first-order chi connectivity index (χ1) is 10.2. The molecule has 1 N–H and O–H groups in total. The Hall–Kier alpha value is -0.0400. The van der Waals surface area contributed by atoms with Crippen LogP contribution >= 0.6 is 0 Å². The van der Waals surface area contributed by atoms with Crippen LogP contribution in [0.5, 0.6) is 0 Å². The van der Waals surface area contributed by atoms with Gasteiger partial charge < -0.3 is 5.32 Å². The summed E-state index contributed by atoms with van der Waals surface area (Å²) in [6.45, 7) is 10.6. The zero-order valence-electron chi connectivity index (χ0n) is 15.3. The van der Waals surface area contributed by atoms with E-state index in [1.807, 2.05) is 0 Å². The van der Waals surface area contributed by atoms with E-state index >= 15 is 0 Å². The Kier molecular flexibility index (Phi) is 9.64. The summed E-state index contributed by atoms with van der Waals surface area (Å²) in [6, 6.07) is 0.811. The third-order valence-electron chi connectivity index (χ3n) is 5.87. The number of hydrogen-bond donors (Lipinski definition) is 1. The van der Waals surface area contributed by atoms with Gasteiger partial charge >= 0.3 is 0 Å². The predicted octanol–water partition coefficient (Wildman–Crippen LogP) is 6.32. The van der Waals surface area contributed by atoms with Crippen LogP contribution in [0.25, 0.3) is 0 Å². The molecule has 1 unspecified atom stereocenters. The van der Waals surface area contributed by atoms with Gasteiger partial charge in [0.1, 0.15) is 0 Å². The minimum absolute atomic E-state index is 0.704. The normalized spacial score (nSPS) is 20.6. The molecule has 0 aromatic heterocycles. The zero-order valence-corrected chi connectivity index (χ0v) is 15.3. The Morgan fingerprint density at radius 2 is 1.52 bits per heavy atom. The highest BCUT2D eigenvalue weighted by atomic mass is 14.9. The monoisotopic (exact) mass is 295 g/mol. The standard InChI is InChI=1S/C20H41N/c1-5-9-18(8-4)12-17-21-19-10-15-20(13-6-2,14-7-3)16-11-19/h18-19,21H,5-17H2,1-4H3. The molecule has 0 radical (unpaired) electrons. The van der Waals surface area contributed by atoms with Gasteiger partial charge in [-0.2, -0.15) is 0 Å². The van der Waals surface area contributed by atoms with E-state index in [0.717, 1.165) is 12.0 Å². The Morgan fingerprint density at radius 1 is 0.905 bits per heavy atom. The summed E-state index contributed by atoms with van der Waals surface area (Å²) in [7, 11) is 0. The van der Waals surface area contributed by atoms with Crippen LogP contribution in [0, 0.1) is 11.3 Å². The lowest BCUT2D eigenvalue weighted by Gasteiger charge is -2.41. The molecule has 1 saturated carbocycles. The molecule has 0 heterocycles. The van der Waals surface area contributed by atoms with Gasteiger partial charge in [-0.3, -0.25) is 0 Å². The zero-order chi connectivity index (χ0) is 15.6. The fourth-order valence-corrected chi connectivity index (χ4v) is 4.57. The van der Waals surface area contributed by atoms with E-state index in [2.05, 4.69) is 33.0 Å². The van der Waals surface area contributed by atoms with Gasteiger partial charge in [-0.1, -0.05) is 59.8 Å². The molecule has 0 spiro atoms. The van der Waals surface area contributed by atoms with Crippen molar-refractivity contribution in [2.75, 3.05) is 6.54 Å². The molecule has 1 aliphatic rings. The highest BCUT2D eigenvalue weighted by Gasteiger charge is 2.33. The highest BCUT2D eigenvalue weighted by molar-refractivity contribution is 4.87. The summed E-state index contributed by atoms with van der Waals surface area (Å²) in [6.07, 6.45) is 16.9. The van der Waals surface area contributed by atoms with Gasteiger partial charge in [0.15, 0.2) is 0 Å². The second kappa shape index (κ2) is 10.6. The topological polar surface area (TPSA) is 12.0 Å². The first-order valence-electron chi connectivity index (χ1n) is 9.93. The molecule has 126 valence electrons. The van der Waals surface area contributed by atoms with Crippen molar-refractivity contribution in [2.45, 2.75) is 111 Å². The molecule has 1 rings (SSSR count). The third-order valence-corrected chi connectivity index (χ3v) is 5.87. The number of hydrogen-bond acceptors (Lipinski definition) is 1. The van der Waals surface area contributed by atoms with Gasteiger partial charge in [-0.25, -0.2) is 0 Å². The molecule has 0 aliphatic heterocycles. The van der Waals surface area contributed by atoms with Crippen molar-refractivity contribution in [2.24, 2.45) is 11.3 Å². The molecule has 0 amide bonds. The summed E-state index contributed by atoms with van der Waals surface area (Å²) in [5.74, 6) is 0.949. The van der Waals surface area contributed by atoms with E-state index in [9.17, 15) is 0 Å². The maximum Gasteiger partial charge on any atom is 0.00674 e. The summed E-state index contributed by atoms with van der Waals surface area (Å²) >= 11 is 0. The minimum atomic E-state index is 0.704. The van der Waals surface area contributed by atoms with E-state index in [-0.39, 0.29) is 0 Å². The molecule has 0 bridgehead atoms. The van der Waals surface area contributed by atoms with Crippen molar-refractivity contribution in [3.05, 3.63) is 0 Å². The van der Waals surface area contributed by atoms with Gasteiger partial charge in [0.2, 0.25) is 0 Å². The minimum Gasteiger partial charge on any atom is -0.314 e. The molecular formula is C20H41N. The average Bonchev–Trinajstić information content (AvgIpc) is 2.49. The quantitative estimate of drug-likeness (QED) is 0.470. The molecule has 1 fully saturated rings. The van der Waals surface area contributed by atoms with Gasteiger partial charge in [0.25, 0.3) is 0 Å². The SMILES string of the molecule is CCCC(CC)CCNC1CCC(CCC)(CCC)CC1. The van der Waals surface area contributed by atoms with Gasteiger partial charge in [0, 0.05) is 6.04 Å². The van der Waals surface area contributed by atoms with Gasteiger partial charge in [-0.05, 0) is 62.8 Å². The van der Waals surface area contributed by atoms with Crippen LogP contribution in [0.4, 0.5) is 0 Å². The molecule has 1 aliphatic carbocycles. The van der Waals surface area contributed by atoms with E-state index in [0.29, 0.717) is 5.41 Å². The van der Waals surface area contributed by atoms with Crippen LogP contribution in [0.1, 0.15) is 105 Å². The Balaban J connectivity index is 2.26. The fraction of sp³-hybridized carbons (Fsp3) is 1.00. The van der Waals surface area contributed by atoms with Crippen LogP contribution in [-0.4, -0.2) is 12.6 Å². The van der Waals surface area contributed by atoms with Crippen LogP contribution in [0.15, 0.2) is 0 Å².